The number of hydrogen-bond donors (Lipinski definition) is 2. The number of ether oxygens (including phenoxy) is 5. The topological polar surface area (TPSA) is 138 Å². The summed E-state index contributed by atoms with van der Waals surface area (Å²) in [6.07, 6.45) is -0.482. The minimum Gasteiger partial charge on any atom is -0.490 e. The number of fused-ring (bicyclic) bond motifs is 2. The lowest BCUT2D eigenvalue weighted by Gasteiger charge is -2.19. The molecule has 2 aliphatic heterocycles. The summed E-state index contributed by atoms with van der Waals surface area (Å²) in [5, 5.41) is 2.61. The summed E-state index contributed by atoms with van der Waals surface area (Å²) in [5.41, 5.74) is 0.437. The van der Waals surface area contributed by atoms with Gasteiger partial charge in [0, 0.05) is 24.2 Å². The quantitative estimate of drug-likeness (QED) is 0.550. The van der Waals surface area contributed by atoms with Crippen LogP contribution in [0.15, 0.2) is 41.3 Å². The molecule has 0 aliphatic carbocycles. The molecule has 12 heteroatoms. The number of amides is 1. The molecule has 4 rings (SSSR count). The van der Waals surface area contributed by atoms with Crippen LogP contribution in [-0.4, -0.2) is 59.4 Å². The van der Waals surface area contributed by atoms with Crippen LogP contribution in [0.4, 0.5) is 5.69 Å². The molecule has 0 radical (unpaired) electrons. The summed E-state index contributed by atoms with van der Waals surface area (Å²) < 4.78 is 54.2. The molecule has 182 valence electrons. The van der Waals surface area contributed by atoms with Crippen LogP contribution < -0.4 is 29.0 Å². The molecule has 34 heavy (non-hydrogen) atoms. The average molecular weight is 493 g/mol. The normalized spacial score (nSPS) is 15.6. The molecule has 0 saturated carbocycles. The second-order valence-electron chi connectivity index (χ2n) is 7.46. The van der Waals surface area contributed by atoms with Gasteiger partial charge in [-0.15, -0.1) is 0 Å². The maximum absolute atomic E-state index is 12.6. The molecule has 2 aliphatic rings. The number of esters is 1. The Balaban J connectivity index is 1.30. The van der Waals surface area contributed by atoms with Crippen LogP contribution in [0.3, 0.4) is 0 Å². The predicted octanol–water partition coefficient (Wildman–Crippen LogP) is 1.47. The van der Waals surface area contributed by atoms with Gasteiger partial charge in [-0.1, -0.05) is 0 Å². The Morgan fingerprint density at radius 3 is 2.29 bits per heavy atom. The minimum atomic E-state index is -4.03. The molecule has 2 N–H and O–H groups in total. The van der Waals surface area contributed by atoms with Crippen molar-refractivity contribution in [3.05, 3.63) is 36.4 Å². The summed E-state index contributed by atoms with van der Waals surface area (Å²) >= 11 is 0. The first-order valence-corrected chi connectivity index (χ1v) is 12.1. The number of rotatable bonds is 7. The molecule has 2 aromatic rings. The lowest BCUT2D eigenvalue weighted by molar-refractivity contribution is -0.151. The third-order valence-corrected chi connectivity index (χ3v) is 6.32. The van der Waals surface area contributed by atoms with Gasteiger partial charge in [0.2, 0.25) is 10.0 Å². The van der Waals surface area contributed by atoms with Gasteiger partial charge in [0.15, 0.2) is 29.1 Å². The van der Waals surface area contributed by atoms with Gasteiger partial charge >= 0.3 is 5.97 Å². The fraction of sp³-hybridized carbons (Fsp3) is 0.364. The first kappa shape index (κ1) is 23.6. The van der Waals surface area contributed by atoms with E-state index in [9.17, 15) is 18.0 Å². The standard InChI is InChI=1S/C22H24N2O9S/c1-14(22(26)24-15-3-5-17-19(11-15)32-10-9-31-17)33-21(25)13-23-34(27,28)16-4-6-18-20(12-16)30-8-2-7-29-18/h3-6,11-12,14,23H,2,7-10,13H2,1H3,(H,24,26)/t14-/m0/s1. The van der Waals surface area contributed by atoms with E-state index in [4.69, 9.17) is 23.7 Å². The summed E-state index contributed by atoms with van der Waals surface area (Å²) in [7, 11) is -4.03. The van der Waals surface area contributed by atoms with Gasteiger partial charge in [0.1, 0.15) is 19.8 Å². The van der Waals surface area contributed by atoms with Crippen LogP contribution in [0.2, 0.25) is 0 Å². The van der Waals surface area contributed by atoms with Gasteiger partial charge in [-0.2, -0.15) is 4.72 Å². The van der Waals surface area contributed by atoms with E-state index in [2.05, 4.69) is 10.0 Å². The molecule has 0 unspecified atom stereocenters. The van der Waals surface area contributed by atoms with E-state index in [-0.39, 0.29) is 4.90 Å². The predicted molar refractivity (Wildman–Crippen MR) is 119 cm³/mol. The molecule has 0 saturated heterocycles. The molecule has 2 aromatic carbocycles. The van der Waals surface area contributed by atoms with Crippen molar-refractivity contribution in [3.63, 3.8) is 0 Å². The average Bonchev–Trinajstić information content (AvgIpc) is 3.07. The Bertz CT molecular complexity index is 1180. The Morgan fingerprint density at radius 1 is 0.912 bits per heavy atom. The monoisotopic (exact) mass is 492 g/mol. The summed E-state index contributed by atoms with van der Waals surface area (Å²) in [5.74, 6) is 0.335. The minimum absolute atomic E-state index is 0.0889. The van der Waals surface area contributed by atoms with E-state index in [1.165, 1.54) is 25.1 Å². The third kappa shape index (κ3) is 5.69. The molecule has 2 heterocycles. The van der Waals surface area contributed by atoms with E-state index < -0.39 is 34.5 Å². The van der Waals surface area contributed by atoms with Crippen LogP contribution >= 0.6 is 0 Å². The van der Waals surface area contributed by atoms with Crippen LogP contribution in [0.5, 0.6) is 23.0 Å². The highest BCUT2D eigenvalue weighted by atomic mass is 32.2. The second-order valence-corrected chi connectivity index (χ2v) is 9.23. The van der Waals surface area contributed by atoms with Crippen molar-refractivity contribution in [1.82, 2.24) is 4.72 Å². The van der Waals surface area contributed by atoms with E-state index in [0.717, 1.165) is 0 Å². The SMILES string of the molecule is C[C@H](OC(=O)CNS(=O)(=O)c1ccc2c(c1)OCCCO2)C(=O)Nc1ccc2c(c1)OCCO2. The Morgan fingerprint density at radius 2 is 1.53 bits per heavy atom. The molecule has 1 amide bonds. The Hall–Kier alpha value is -3.51. The highest BCUT2D eigenvalue weighted by Crippen LogP contribution is 2.33. The zero-order valence-corrected chi connectivity index (χ0v) is 19.2. The number of hydrogen-bond acceptors (Lipinski definition) is 9. The smallest absolute Gasteiger partial charge is 0.321 e. The van der Waals surface area contributed by atoms with Crippen molar-refractivity contribution in [2.24, 2.45) is 0 Å². The molecule has 0 bridgehead atoms. The maximum atomic E-state index is 12.6. The number of carbonyl (C=O) groups is 2. The van der Waals surface area contributed by atoms with Gasteiger partial charge in [-0.3, -0.25) is 9.59 Å². The second kappa shape index (κ2) is 10.2. The first-order chi connectivity index (χ1) is 16.3. The van der Waals surface area contributed by atoms with Gasteiger partial charge in [0.25, 0.3) is 5.91 Å². The summed E-state index contributed by atoms with van der Waals surface area (Å²) in [6, 6.07) is 9.07. The van der Waals surface area contributed by atoms with E-state index in [0.29, 0.717) is 61.5 Å². The lowest BCUT2D eigenvalue weighted by Crippen LogP contribution is -2.35. The van der Waals surface area contributed by atoms with Crippen molar-refractivity contribution >= 4 is 27.6 Å². The molecule has 0 spiro atoms. The van der Waals surface area contributed by atoms with Gasteiger partial charge < -0.3 is 29.0 Å². The largest absolute Gasteiger partial charge is 0.490 e. The van der Waals surface area contributed by atoms with Crippen LogP contribution in [0.25, 0.3) is 0 Å². The summed E-state index contributed by atoms with van der Waals surface area (Å²) in [6.45, 7) is 2.46. The van der Waals surface area contributed by atoms with Crippen molar-refractivity contribution in [3.8, 4) is 23.0 Å². The number of carbonyl (C=O) groups excluding carboxylic acids is 2. The zero-order chi connectivity index (χ0) is 24.1. The molecule has 1 atom stereocenters. The van der Waals surface area contributed by atoms with Crippen molar-refractivity contribution in [2.45, 2.75) is 24.3 Å². The van der Waals surface area contributed by atoms with Crippen molar-refractivity contribution < 1.29 is 41.7 Å². The van der Waals surface area contributed by atoms with Gasteiger partial charge in [0.05, 0.1) is 18.1 Å². The molecule has 0 aromatic heterocycles. The number of sulfonamides is 1. The molecule has 0 fully saturated rings. The van der Waals surface area contributed by atoms with E-state index in [1.54, 1.807) is 18.2 Å². The number of nitrogens with one attached hydrogen (secondary N) is 2. The van der Waals surface area contributed by atoms with Gasteiger partial charge in [-0.25, -0.2) is 8.42 Å². The molecular formula is C22H24N2O9S. The van der Waals surface area contributed by atoms with Crippen LogP contribution in [0, 0.1) is 0 Å². The van der Waals surface area contributed by atoms with E-state index >= 15 is 0 Å². The Labute approximate surface area is 196 Å². The van der Waals surface area contributed by atoms with Crippen molar-refractivity contribution in [1.29, 1.82) is 0 Å². The van der Waals surface area contributed by atoms with Crippen molar-refractivity contribution in [2.75, 3.05) is 38.3 Å². The molecular weight excluding hydrogens is 468 g/mol. The fourth-order valence-electron chi connectivity index (χ4n) is 3.21. The van der Waals surface area contributed by atoms with Crippen LogP contribution in [-0.2, 0) is 24.3 Å². The summed E-state index contributed by atoms with van der Waals surface area (Å²) in [4.78, 5) is 24.4. The number of anilines is 1. The zero-order valence-electron chi connectivity index (χ0n) is 18.4. The number of benzene rings is 2. The van der Waals surface area contributed by atoms with E-state index in [1.807, 2.05) is 0 Å². The maximum Gasteiger partial charge on any atom is 0.321 e. The van der Waals surface area contributed by atoms with Gasteiger partial charge in [-0.05, 0) is 31.2 Å². The van der Waals surface area contributed by atoms with Crippen LogP contribution in [0.1, 0.15) is 13.3 Å². The highest BCUT2D eigenvalue weighted by molar-refractivity contribution is 7.89. The third-order valence-electron chi connectivity index (χ3n) is 4.92. The highest BCUT2D eigenvalue weighted by Gasteiger charge is 2.23. The first-order valence-electron chi connectivity index (χ1n) is 10.6. The Kier molecular flexibility index (Phi) is 7.08. The molecule has 11 nitrogen and oxygen atoms in total. The fourth-order valence-corrected chi connectivity index (χ4v) is 4.19. The lowest BCUT2D eigenvalue weighted by atomic mass is 10.2.